The second kappa shape index (κ2) is 2.82. The SMILES string of the molecule is [CH2]C(=C)c1ccc(F)cc1F. The van der Waals surface area contributed by atoms with E-state index in [1.54, 1.807) is 0 Å². The summed E-state index contributed by atoms with van der Waals surface area (Å²) >= 11 is 0. The maximum absolute atomic E-state index is 12.8. The van der Waals surface area contributed by atoms with Crippen molar-refractivity contribution in [3.05, 3.63) is 48.9 Å². The monoisotopic (exact) mass is 153 g/mol. The molecule has 1 aromatic rings. The predicted octanol–water partition coefficient (Wildman–Crippen LogP) is 2.81. The average Bonchev–Trinajstić information content (AvgIpc) is 1.85. The molecule has 0 aromatic heterocycles. The fourth-order valence-electron chi connectivity index (χ4n) is 0.776. The maximum Gasteiger partial charge on any atom is 0.133 e. The number of benzene rings is 1. The molecule has 0 aliphatic carbocycles. The minimum Gasteiger partial charge on any atom is -0.207 e. The lowest BCUT2D eigenvalue weighted by molar-refractivity contribution is 0.581. The van der Waals surface area contributed by atoms with Gasteiger partial charge in [-0.1, -0.05) is 6.58 Å². The summed E-state index contributed by atoms with van der Waals surface area (Å²) in [5.74, 6) is -1.21. The standard InChI is InChI=1S/C9H7F2/c1-6(2)8-4-3-7(10)5-9(8)11/h3-5H,1-2H2. The summed E-state index contributed by atoms with van der Waals surface area (Å²) in [4.78, 5) is 0. The van der Waals surface area contributed by atoms with Crippen molar-refractivity contribution in [2.75, 3.05) is 0 Å². The molecule has 1 rings (SSSR count). The Morgan fingerprint density at radius 2 is 1.91 bits per heavy atom. The highest BCUT2D eigenvalue weighted by molar-refractivity contribution is 5.66. The van der Waals surface area contributed by atoms with E-state index in [1.165, 1.54) is 12.1 Å². The fourth-order valence-corrected chi connectivity index (χ4v) is 0.776. The molecule has 0 spiro atoms. The molecule has 1 radical (unpaired) electrons. The van der Waals surface area contributed by atoms with Gasteiger partial charge in [0.25, 0.3) is 0 Å². The molecule has 0 aliphatic heterocycles. The molecular formula is C9H7F2. The zero-order valence-corrected chi connectivity index (χ0v) is 5.90. The largest absolute Gasteiger partial charge is 0.207 e. The summed E-state index contributed by atoms with van der Waals surface area (Å²) in [6.45, 7) is 6.88. The second-order valence-electron chi connectivity index (χ2n) is 2.23. The van der Waals surface area contributed by atoms with Gasteiger partial charge in [0, 0.05) is 11.6 Å². The third-order valence-electron chi connectivity index (χ3n) is 1.31. The molecular weight excluding hydrogens is 146 g/mol. The molecule has 0 nitrogen and oxygen atoms in total. The van der Waals surface area contributed by atoms with Crippen molar-refractivity contribution in [1.29, 1.82) is 0 Å². The fraction of sp³-hybridized carbons (Fsp3) is 0. The third kappa shape index (κ3) is 1.64. The molecule has 1 aromatic carbocycles. The van der Waals surface area contributed by atoms with Crippen molar-refractivity contribution in [3.63, 3.8) is 0 Å². The van der Waals surface area contributed by atoms with Crippen LogP contribution in [0.25, 0.3) is 5.57 Å². The van der Waals surface area contributed by atoms with Crippen LogP contribution in [0.3, 0.4) is 0 Å². The molecule has 57 valence electrons. The lowest BCUT2D eigenvalue weighted by Gasteiger charge is -1.99. The zero-order valence-electron chi connectivity index (χ0n) is 5.90. The third-order valence-corrected chi connectivity index (χ3v) is 1.31. The molecule has 0 bridgehead atoms. The van der Waals surface area contributed by atoms with E-state index in [0.29, 0.717) is 5.57 Å². The molecule has 0 unspecified atom stereocenters. The molecule has 2 heteroatoms. The molecule has 0 N–H and O–H groups in total. The number of allylic oxidation sites excluding steroid dienone is 1. The molecule has 0 fully saturated rings. The van der Waals surface area contributed by atoms with E-state index in [-0.39, 0.29) is 5.56 Å². The van der Waals surface area contributed by atoms with Gasteiger partial charge in [0.15, 0.2) is 0 Å². The number of halogens is 2. The first-order valence-electron chi connectivity index (χ1n) is 3.07. The van der Waals surface area contributed by atoms with Crippen LogP contribution < -0.4 is 0 Å². The van der Waals surface area contributed by atoms with Crippen LogP contribution in [0, 0.1) is 18.6 Å². The number of rotatable bonds is 1. The van der Waals surface area contributed by atoms with Crippen molar-refractivity contribution in [2.24, 2.45) is 0 Å². The van der Waals surface area contributed by atoms with Crippen LogP contribution in [0.15, 0.2) is 24.8 Å². The van der Waals surface area contributed by atoms with Gasteiger partial charge in [-0.25, -0.2) is 8.78 Å². The summed E-state index contributed by atoms with van der Waals surface area (Å²) in [7, 11) is 0. The molecule has 0 atom stereocenters. The minimum absolute atomic E-state index is 0.256. The van der Waals surface area contributed by atoms with Gasteiger partial charge in [-0.15, -0.1) is 0 Å². The van der Waals surface area contributed by atoms with Crippen molar-refractivity contribution < 1.29 is 8.78 Å². The van der Waals surface area contributed by atoms with Gasteiger partial charge in [0.2, 0.25) is 0 Å². The average molecular weight is 153 g/mol. The molecule has 0 heterocycles. The van der Waals surface area contributed by atoms with E-state index in [2.05, 4.69) is 13.5 Å². The van der Waals surface area contributed by atoms with Gasteiger partial charge in [0.05, 0.1) is 0 Å². The number of hydrogen-bond donors (Lipinski definition) is 0. The normalized spacial score (nSPS) is 9.73. The topological polar surface area (TPSA) is 0 Å². The van der Waals surface area contributed by atoms with E-state index in [1.807, 2.05) is 0 Å². The quantitative estimate of drug-likeness (QED) is 0.582. The molecule has 0 saturated carbocycles. The minimum atomic E-state index is -0.620. The summed E-state index contributed by atoms with van der Waals surface area (Å²) < 4.78 is 25.1. The van der Waals surface area contributed by atoms with Crippen LogP contribution in [-0.2, 0) is 0 Å². The Bertz CT molecular complexity index is 290. The Hall–Kier alpha value is -1.18. The number of hydrogen-bond acceptors (Lipinski definition) is 0. The first-order chi connectivity index (χ1) is 5.11. The van der Waals surface area contributed by atoms with Crippen molar-refractivity contribution >= 4 is 5.57 Å². The van der Waals surface area contributed by atoms with Crippen molar-refractivity contribution in [3.8, 4) is 0 Å². The van der Waals surface area contributed by atoms with Crippen LogP contribution >= 0.6 is 0 Å². The summed E-state index contributed by atoms with van der Waals surface area (Å²) in [6, 6.07) is 3.31. The van der Waals surface area contributed by atoms with Gasteiger partial charge >= 0.3 is 0 Å². The summed E-state index contributed by atoms with van der Waals surface area (Å²) in [6.07, 6.45) is 0. The zero-order chi connectivity index (χ0) is 8.43. The molecule has 0 aliphatic rings. The summed E-state index contributed by atoms with van der Waals surface area (Å²) in [5, 5.41) is 0. The van der Waals surface area contributed by atoms with Crippen LogP contribution in [0.1, 0.15) is 5.56 Å². The van der Waals surface area contributed by atoms with E-state index in [9.17, 15) is 8.78 Å². The molecule has 0 amide bonds. The van der Waals surface area contributed by atoms with Crippen LogP contribution in [0.4, 0.5) is 8.78 Å². The molecule has 11 heavy (non-hydrogen) atoms. The Kier molecular flexibility index (Phi) is 2.03. The smallest absolute Gasteiger partial charge is 0.133 e. The van der Waals surface area contributed by atoms with E-state index >= 15 is 0 Å². The highest BCUT2D eigenvalue weighted by atomic mass is 19.1. The Morgan fingerprint density at radius 3 is 2.36 bits per heavy atom. The lowest BCUT2D eigenvalue weighted by Crippen LogP contribution is -1.86. The van der Waals surface area contributed by atoms with Gasteiger partial charge in [0.1, 0.15) is 11.6 Å². The van der Waals surface area contributed by atoms with Crippen molar-refractivity contribution in [1.82, 2.24) is 0 Å². The Balaban J connectivity index is 3.20. The Labute approximate surface area is 64.2 Å². The van der Waals surface area contributed by atoms with Gasteiger partial charge < -0.3 is 0 Å². The lowest BCUT2D eigenvalue weighted by atomic mass is 10.1. The predicted molar refractivity (Wildman–Crippen MR) is 40.7 cm³/mol. The Morgan fingerprint density at radius 1 is 1.27 bits per heavy atom. The van der Waals surface area contributed by atoms with Gasteiger partial charge in [-0.2, -0.15) is 0 Å². The van der Waals surface area contributed by atoms with Crippen LogP contribution in [0.2, 0.25) is 0 Å². The second-order valence-corrected chi connectivity index (χ2v) is 2.23. The maximum atomic E-state index is 12.8. The van der Waals surface area contributed by atoms with Crippen LogP contribution in [0.5, 0.6) is 0 Å². The van der Waals surface area contributed by atoms with Gasteiger partial charge in [-0.3, -0.25) is 0 Å². The molecule has 0 saturated heterocycles. The van der Waals surface area contributed by atoms with Crippen LogP contribution in [-0.4, -0.2) is 0 Å². The van der Waals surface area contributed by atoms with E-state index in [4.69, 9.17) is 0 Å². The highest BCUT2D eigenvalue weighted by Gasteiger charge is 2.02. The van der Waals surface area contributed by atoms with Gasteiger partial charge in [-0.05, 0) is 24.6 Å². The van der Waals surface area contributed by atoms with Crippen molar-refractivity contribution in [2.45, 2.75) is 0 Å². The van der Waals surface area contributed by atoms with E-state index in [0.717, 1.165) is 6.07 Å². The first kappa shape index (κ1) is 7.92. The summed E-state index contributed by atoms with van der Waals surface area (Å²) in [5.41, 5.74) is 0.605. The highest BCUT2D eigenvalue weighted by Crippen LogP contribution is 2.16. The van der Waals surface area contributed by atoms with E-state index < -0.39 is 11.6 Å². The first-order valence-corrected chi connectivity index (χ1v) is 3.07.